The van der Waals surface area contributed by atoms with Crippen LogP contribution in [0.15, 0.2) is 66.9 Å². The van der Waals surface area contributed by atoms with E-state index in [1.807, 2.05) is 43.3 Å². The molecule has 2 aromatic carbocycles. The van der Waals surface area contributed by atoms with Crippen molar-refractivity contribution in [3.8, 4) is 0 Å². The van der Waals surface area contributed by atoms with Gasteiger partial charge in [0.05, 0.1) is 18.2 Å². The number of aliphatic hydroxyl groups is 1. The highest BCUT2D eigenvalue weighted by Gasteiger charge is 2.12. The Bertz CT molecular complexity index is 894. The number of aromatic nitrogens is 1. The minimum atomic E-state index is -0.318. The summed E-state index contributed by atoms with van der Waals surface area (Å²) in [7, 11) is 0. The van der Waals surface area contributed by atoms with Crippen LogP contribution in [0.25, 0.3) is 0 Å². The summed E-state index contributed by atoms with van der Waals surface area (Å²) in [5.41, 5.74) is 3.21. The van der Waals surface area contributed by atoms with Gasteiger partial charge in [0.2, 0.25) is 0 Å². The molecular weight excluding hydrogens is 362 g/mol. The third-order valence-corrected chi connectivity index (χ3v) is 4.36. The Hall–Kier alpha value is -2.89. The minimum Gasteiger partial charge on any atom is -0.394 e. The van der Waals surface area contributed by atoms with Gasteiger partial charge in [-0.05, 0) is 48.9 Å². The maximum absolute atomic E-state index is 12.3. The van der Waals surface area contributed by atoms with E-state index in [0.717, 1.165) is 16.8 Å². The number of benzene rings is 2. The smallest absolute Gasteiger partial charge is 0.257 e. The monoisotopic (exact) mass is 381 g/mol. The van der Waals surface area contributed by atoms with Gasteiger partial charge in [0, 0.05) is 16.9 Å². The van der Waals surface area contributed by atoms with Crippen LogP contribution in [0.1, 0.15) is 27.5 Å². The van der Waals surface area contributed by atoms with Crippen LogP contribution < -0.4 is 10.6 Å². The summed E-state index contributed by atoms with van der Waals surface area (Å²) in [6, 6.07) is 17.9. The van der Waals surface area contributed by atoms with E-state index in [1.165, 1.54) is 6.20 Å². The molecule has 0 saturated carbocycles. The summed E-state index contributed by atoms with van der Waals surface area (Å²) < 4.78 is 0. The number of halogens is 1. The molecule has 6 heteroatoms. The maximum atomic E-state index is 12.3. The van der Waals surface area contributed by atoms with Crippen molar-refractivity contribution in [1.29, 1.82) is 0 Å². The van der Waals surface area contributed by atoms with Crippen LogP contribution in [0, 0.1) is 6.92 Å². The van der Waals surface area contributed by atoms with Crippen LogP contribution in [0.4, 0.5) is 11.5 Å². The number of carbonyl (C=O) groups is 1. The number of nitrogens with zero attached hydrogens (tertiary/aromatic N) is 1. The van der Waals surface area contributed by atoms with Crippen molar-refractivity contribution < 1.29 is 9.90 Å². The molecular formula is C21H20ClN3O2. The van der Waals surface area contributed by atoms with Gasteiger partial charge in [-0.25, -0.2) is 4.98 Å². The fourth-order valence-electron chi connectivity index (χ4n) is 2.56. The molecule has 0 spiro atoms. The molecule has 1 unspecified atom stereocenters. The van der Waals surface area contributed by atoms with Crippen molar-refractivity contribution in [3.63, 3.8) is 0 Å². The summed E-state index contributed by atoms with van der Waals surface area (Å²) in [5.74, 6) is 0.338. The second-order valence-electron chi connectivity index (χ2n) is 6.18. The number of pyridine rings is 1. The van der Waals surface area contributed by atoms with Gasteiger partial charge in [-0.2, -0.15) is 0 Å². The van der Waals surface area contributed by atoms with Gasteiger partial charge >= 0.3 is 0 Å². The minimum absolute atomic E-state index is 0.0982. The Morgan fingerprint density at radius 2 is 1.78 bits per heavy atom. The van der Waals surface area contributed by atoms with Gasteiger partial charge in [0.1, 0.15) is 5.82 Å². The molecule has 1 heterocycles. The highest BCUT2D eigenvalue weighted by molar-refractivity contribution is 6.30. The van der Waals surface area contributed by atoms with Crippen molar-refractivity contribution in [2.24, 2.45) is 0 Å². The number of anilines is 2. The van der Waals surface area contributed by atoms with Crippen molar-refractivity contribution in [2.45, 2.75) is 13.0 Å². The van der Waals surface area contributed by atoms with Gasteiger partial charge in [-0.15, -0.1) is 0 Å². The number of amides is 1. The molecule has 0 radical (unpaired) electrons. The molecule has 3 N–H and O–H groups in total. The molecule has 0 aliphatic rings. The fourth-order valence-corrected chi connectivity index (χ4v) is 2.69. The predicted molar refractivity (Wildman–Crippen MR) is 108 cm³/mol. The predicted octanol–water partition coefficient (Wildman–Crippen LogP) is 4.44. The zero-order chi connectivity index (χ0) is 19.2. The van der Waals surface area contributed by atoms with E-state index in [4.69, 9.17) is 11.6 Å². The fraction of sp³-hybridized carbons (Fsp3) is 0.143. The first-order chi connectivity index (χ1) is 13.0. The van der Waals surface area contributed by atoms with Crippen LogP contribution in [0.3, 0.4) is 0 Å². The molecule has 0 fully saturated rings. The Labute approximate surface area is 163 Å². The largest absolute Gasteiger partial charge is 0.394 e. The average molecular weight is 382 g/mol. The molecule has 0 aliphatic carbocycles. The lowest BCUT2D eigenvalue weighted by Gasteiger charge is -2.17. The number of rotatable bonds is 6. The SMILES string of the molecule is Cc1ccc(NC(=O)c2ccc(NC(CO)c3ccc(Cl)cc3)nc2)cc1. The number of aryl methyl sites for hydroxylation is 1. The third kappa shape index (κ3) is 5.06. The maximum Gasteiger partial charge on any atom is 0.257 e. The standard InChI is InChI=1S/C21H20ClN3O2/c1-14-2-9-18(10-3-14)24-21(27)16-6-11-20(23-12-16)25-19(13-26)15-4-7-17(22)8-5-15/h2-12,19,26H,13H2,1H3,(H,23,25)(H,24,27). The van der Waals surface area contributed by atoms with Gasteiger partial charge < -0.3 is 15.7 Å². The van der Waals surface area contributed by atoms with Crippen LogP contribution in [-0.4, -0.2) is 22.6 Å². The van der Waals surface area contributed by atoms with E-state index in [9.17, 15) is 9.90 Å². The number of carbonyl (C=O) groups excluding carboxylic acids is 1. The lowest BCUT2D eigenvalue weighted by molar-refractivity contribution is 0.102. The zero-order valence-electron chi connectivity index (χ0n) is 14.8. The first kappa shape index (κ1) is 18.9. The Balaban J connectivity index is 1.66. The van der Waals surface area contributed by atoms with Gasteiger partial charge in [-0.3, -0.25) is 4.79 Å². The summed E-state index contributed by atoms with van der Waals surface area (Å²) >= 11 is 5.90. The van der Waals surface area contributed by atoms with Crippen molar-refractivity contribution in [2.75, 3.05) is 17.2 Å². The van der Waals surface area contributed by atoms with E-state index < -0.39 is 0 Å². The van der Waals surface area contributed by atoms with Crippen LogP contribution in [0.5, 0.6) is 0 Å². The number of aliphatic hydroxyl groups excluding tert-OH is 1. The summed E-state index contributed by atoms with van der Waals surface area (Å²) in [5, 5.41) is 16.3. The van der Waals surface area contributed by atoms with E-state index in [-0.39, 0.29) is 18.6 Å². The lowest BCUT2D eigenvalue weighted by Crippen LogP contribution is -2.16. The van der Waals surface area contributed by atoms with Gasteiger partial charge in [-0.1, -0.05) is 41.4 Å². The molecule has 27 heavy (non-hydrogen) atoms. The first-order valence-electron chi connectivity index (χ1n) is 8.52. The quantitative estimate of drug-likeness (QED) is 0.590. The molecule has 0 saturated heterocycles. The van der Waals surface area contributed by atoms with Crippen LogP contribution in [0.2, 0.25) is 5.02 Å². The lowest BCUT2D eigenvalue weighted by atomic mass is 10.1. The highest BCUT2D eigenvalue weighted by Crippen LogP contribution is 2.20. The van der Waals surface area contributed by atoms with Crippen LogP contribution in [-0.2, 0) is 0 Å². The Kier molecular flexibility index (Phi) is 6.06. The summed E-state index contributed by atoms with van der Waals surface area (Å²) in [6.07, 6.45) is 1.50. The molecule has 0 aliphatic heterocycles. The second-order valence-corrected chi connectivity index (χ2v) is 6.62. The molecule has 0 bridgehead atoms. The summed E-state index contributed by atoms with van der Waals surface area (Å²) in [6.45, 7) is 1.89. The molecule has 1 atom stereocenters. The molecule has 5 nitrogen and oxygen atoms in total. The van der Waals surface area contributed by atoms with Crippen molar-refractivity contribution >= 4 is 29.0 Å². The third-order valence-electron chi connectivity index (χ3n) is 4.11. The molecule has 1 amide bonds. The second kappa shape index (κ2) is 8.66. The molecule has 138 valence electrons. The van der Waals surface area contributed by atoms with Crippen LogP contribution >= 0.6 is 11.6 Å². The van der Waals surface area contributed by atoms with E-state index in [2.05, 4.69) is 15.6 Å². The van der Waals surface area contributed by atoms with E-state index in [0.29, 0.717) is 16.4 Å². The number of hydrogen-bond donors (Lipinski definition) is 3. The van der Waals surface area contributed by atoms with Gasteiger partial charge in [0.25, 0.3) is 5.91 Å². The topological polar surface area (TPSA) is 74.2 Å². The highest BCUT2D eigenvalue weighted by atomic mass is 35.5. The number of nitrogens with one attached hydrogen (secondary N) is 2. The molecule has 3 aromatic rings. The van der Waals surface area contributed by atoms with Gasteiger partial charge in [0.15, 0.2) is 0 Å². The first-order valence-corrected chi connectivity index (χ1v) is 8.90. The van der Waals surface area contributed by atoms with Crippen molar-refractivity contribution in [3.05, 3.63) is 88.6 Å². The average Bonchev–Trinajstić information content (AvgIpc) is 2.69. The zero-order valence-corrected chi connectivity index (χ0v) is 15.6. The normalized spacial score (nSPS) is 11.7. The Morgan fingerprint density at radius 1 is 1.07 bits per heavy atom. The molecule has 1 aromatic heterocycles. The van der Waals surface area contributed by atoms with Crippen molar-refractivity contribution in [1.82, 2.24) is 4.98 Å². The molecule has 3 rings (SSSR count). The van der Waals surface area contributed by atoms with E-state index in [1.54, 1.807) is 24.3 Å². The number of hydrogen-bond acceptors (Lipinski definition) is 4. The van der Waals surface area contributed by atoms with E-state index >= 15 is 0 Å². The summed E-state index contributed by atoms with van der Waals surface area (Å²) in [4.78, 5) is 16.6. The Morgan fingerprint density at radius 3 is 2.37 bits per heavy atom.